The van der Waals surface area contributed by atoms with Gasteiger partial charge in [-0.05, 0) is 66.1 Å². The molecule has 0 saturated carbocycles. The number of carbonyl (C=O) groups is 2. The number of hydrogen-bond donors (Lipinski definition) is 1. The molecule has 4 nitrogen and oxygen atoms in total. The van der Waals surface area contributed by atoms with Crippen LogP contribution in [0.1, 0.15) is 32.6 Å². The lowest BCUT2D eigenvalue weighted by molar-refractivity contribution is -0.114. The van der Waals surface area contributed by atoms with Crippen LogP contribution in [0.4, 0.5) is 5.69 Å². The summed E-state index contributed by atoms with van der Waals surface area (Å²) in [5, 5.41) is 3.59. The number of benzene rings is 4. The Morgan fingerprint density at radius 2 is 1.57 bits per heavy atom. The molecule has 0 saturated heterocycles. The normalized spacial score (nSPS) is 13.9. The summed E-state index contributed by atoms with van der Waals surface area (Å²) in [6.07, 6.45) is 1.89. The molecule has 1 N–H and O–H groups in total. The van der Waals surface area contributed by atoms with Gasteiger partial charge in [0.15, 0.2) is 0 Å². The zero-order valence-electron chi connectivity index (χ0n) is 20.3. The number of carbonyl (C=O) groups excluding carboxylic acids is 2. The smallest absolute Gasteiger partial charge is 0.265 e. The van der Waals surface area contributed by atoms with Crippen LogP contribution in [0.2, 0.25) is 5.02 Å². The quantitative estimate of drug-likeness (QED) is 0.270. The van der Waals surface area contributed by atoms with E-state index >= 15 is 0 Å². The van der Waals surface area contributed by atoms with Crippen molar-refractivity contribution in [3.63, 3.8) is 0 Å². The molecule has 0 radical (unpaired) electrons. The number of halogens is 1. The summed E-state index contributed by atoms with van der Waals surface area (Å²) in [6, 6.07) is 30.9. The van der Waals surface area contributed by atoms with Gasteiger partial charge in [-0.1, -0.05) is 89.6 Å². The van der Waals surface area contributed by atoms with E-state index in [0.29, 0.717) is 28.6 Å². The van der Waals surface area contributed by atoms with Crippen LogP contribution in [-0.2, 0) is 17.9 Å². The molecule has 0 aromatic heterocycles. The Labute approximate surface area is 226 Å². The molecule has 6 heteroatoms. The lowest BCUT2D eigenvalue weighted by Crippen LogP contribution is -2.33. The van der Waals surface area contributed by atoms with E-state index in [1.54, 1.807) is 24.3 Å². The zero-order valence-corrected chi connectivity index (χ0v) is 21.9. The fraction of sp³-hybridized carbons (Fsp3) is 0.0968. The molecule has 0 fully saturated rings. The van der Waals surface area contributed by atoms with Crippen LogP contribution in [0, 0.1) is 6.92 Å². The van der Waals surface area contributed by atoms with Crippen LogP contribution in [0.5, 0.6) is 0 Å². The second-order valence-electron chi connectivity index (χ2n) is 8.89. The number of hydrogen-bond acceptors (Lipinski definition) is 3. The average molecular weight is 525 g/mol. The number of fused-ring (bicyclic) bond motifs is 1. The van der Waals surface area contributed by atoms with Crippen LogP contribution < -0.4 is 10.2 Å². The molecule has 0 atom stereocenters. The fourth-order valence-corrected chi connectivity index (χ4v) is 5.25. The molecule has 0 spiro atoms. The molecule has 37 heavy (non-hydrogen) atoms. The standard InChI is InChI=1S/C31H25ClN2O2S/c1-21-6-8-24(9-7-21)20-34-27-4-2-3-5-28(27)37-29(31(34)36)18-22-10-14-25(15-11-22)30(35)33-19-23-12-16-26(32)17-13-23/h2-18H,19-20H2,1H3,(H,33,35). The van der Waals surface area contributed by atoms with E-state index < -0.39 is 0 Å². The number of rotatable bonds is 6. The Hall–Kier alpha value is -3.80. The number of para-hydroxylation sites is 1. The van der Waals surface area contributed by atoms with Gasteiger partial charge in [0.05, 0.1) is 17.1 Å². The summed E-state index contributed by atoms with van der Waals surface area (Å²) in [6.45, 7) is 2.97. The SMILES string of the molecule is Cc1ccc(CN2C(=O)C(=Cc3ccc(C(=O)NCc4ccc(Cl)cc4)cc3)Sc3ccccc32)cc1. The summed E-state index contributed by atoms with van der Waals surface area (Å²) in [7, 11) is 0. The van der Waals surface area contributed by atoms with E-state index in [1.807, 2.05) is 59.5 Å². The Balaban J connectivity index is 1.32. The van der Waals surface area contributed by atoms with Gasteiger partial charge in [0, 0.05) is 22.0 Å². The monoisotopic (exact) mass is 524 g/mol. The first-order chi connectivity index (χ1) is 18.0. The largest absolute Gasteiger partial charge is 0.348 e. The predicted molar refractivity (Wildman–Crippen MR) is 152 cm³/mol. The predicted octanol–water partition coefficient (Wildman–Crippen LogP) is 7.26. The summed E-state index contributed by atoms with van der Waals surface area (Å²) < 4.78 is 0. The van der Waals surface area contributed by atoms with Crippen LogP contribution >= 0.6 is 23.4 Å². The molecule has 0 unspecified atom stereocenters. The molecule has 0 bridgehead atoms. The number of aryl methyl sites for hydroxylation is 1. The van der Waals surface area contributed by atoms with Crippen LogP contribution in [-0.4, -0.2) is 11.8 Å². The number of nitrogens with zero attached hydrogens (tertiary/aromatic N) is 1. The van der Waals surface area contributed by atoms with E-state index in [4.69, 9.17) is 11.6 Å². The Morgan fingerprint density at radius 1 is 0.892 bits per heavy atom. The van der Waals surface area contributed by atoms with Gasteiger partial charge in [0.25, 0.3) is 11.8 Å². The van der Waals surface area contributed by atoms with Gasteiger partial charge in [-0.15, -0.1) is 0 Å². The third-order valence-electron chi connectivity index (χ3n) is 6.13. The van der Waals surface area contributed by atoms with Gasteiger partial charge in [-0.25, -0.2) is 0 Å². The lowest BCUT2D eigenvalue weighted by atomic mass is 10.1. The average Bonchev–Trinajstić information content (AvgIpc) is 2.92. The highest BCUT2D eigenvalue weighted by atomic mass is 35.5. The first-order valence-electron chi connectivity index (χ1n) is 11.9. The zero-order chi connectivity index (χ0) is 25.8. The van der Waals surface area contributed by atoms with Gasteiger partial charge in [0.1, 0.15) is 0 Å². The maximum atomic E-state index is 13.5. The van der Waals surface area contributed by atoms with E-state index in [-0.39, 0.29) is 11.8 Å². The topological polar surface area (TPSA) is 49.4 Å². The molecule has 1 aliphatic heterocycles. The second-order valence-corrected chi connectivity index (χ2v) is 10.4. The molecule has 4 aromatic carbocycles. The number of thioether (sulfide) groups is 1. The summed E-state index contributed by atoms with van der Waals surface area (Å²) >= 11 is 7.40. The van der Waals surface area contributed by atoms with E-state index in [0.717, 1.165) is 27.3 Å². The third kappa shape index (κ3) is 5.96. The Morgan fingerprint density at radius 3 is 2.30 bits per heavy atom. The Kier molecular flexibility index (Phi) is 7.45. The molecule has 184 valence electrons. The number of amides is 2. The van der Waals surface area contributed by atoms with Gasteiger partial charge in [0.2, 0.25) is 0 Å². The van der Waals surface area contributed by atoms with Crippen LogP contribution in [0.3, 0.4) is 0 Å². The highest BCUT2D eigenvalue weighted by molar-refractivity contribution is 8.04. The van der Waals surface area contributed by atoms with Crippen molar-refractivity contribution in [2.24, 2.45) is 0 Å². The van der Waals surface area contributed by atoms with Gasteiger partial charge < -0.3 is 10.2 Å². The lowest BCUT2D eigenvalue weighted by Gasteiger charge is -2.30. The van der Waals surface area contributed by atoms with Crippen molar-refractivity contribution < 1.29 is 9.59 Å². The molecule has 0 aliphatic carbocycles. The van der Waals surface area contributed by atoms with Gasteiger partial charge in [-0.2, -0.15) is 0 Å². The number of anilines is 1. The van der Waals surface area contributed by atoms with Crippen molar-refractivity contribution in [3.05, 3.63) is 135 Å². The van der Waals surface area contributed by atoms with Crippen molar-refractivity contribution in [3.8, 4) is 0 Å². The molecule has 2 amide bonds. The summed E-state index contributed by atoms with van der Waals surface area (Å²) in [4.78, 5) is 29.7. The Bertz CT molecular complexity index is 1460. The molecule has 5 rings (SSSR count). The minimum Gasteiger partial charge on any atom is -0.348 e. The van der Waals surface area contributed by atoms with E-state index in [2.05, 4.69) is 36.5 Å². The fourth-order valence-electron chi connectivity index (χ4n) is 4.06. The summed E-state index contributed by atoms with van der Waals surface area (Å²) in [5.41, 5.74) is 5.58. The summed E-state index contributed by atoms with van der Waals surface area (Å²) in [5.74, 6) is -0.190. The first kappa shape index (κ1) is 24.9. The van der Waals surface area contributed by atoms with Crippen LogP contribution in [0.15, 0.2) is 107 Å². The molecule has 1 heterocycles. The highest BCUT2D eigenvalue weighted by Crippen LogP contribution is 2.42. The van der Waals surface area contributed by atoms with Crippen molar-refractivity contribution in [1.82, 2.24) is 5.32 Å². The van der Waals surface area contributed by atoms with Crippen molar-refractivity contribution >= 4 is 46.9 Å². The van der Waals surface area contributed by atoms with Crippen molar-refractivity contribution in [2.45, 2.75) is 24.9 Å². The van der Waals surface area contributed by atoms with Crippen molar-refractivity contribution in [1.29, 1.82) is 0 Å². The maximum Gasteiger partial charge on any atom is 0.265 e. The molecular formula is C31H25ClN2O2S. The molecule has 1 aliphatic rings. The highest BCUT2D eigenvalue weighted by Gasteiger charge is 2.29. The van der Waals surface area contributed by atoms with E-state index in [1.165, 1.54) is 17.3 Å². The molecular weight excluding hydrogens is 500 g/mol. The third-order valence-corrected chi connectivity index (χ3v) is 7.46. The number of nitrogens with one attached hydrogen (secondary N) is 1. The van der Waals surface area contributed by atoms with Crippen molar-refractivity contribution in [2.75, 3.05) is 4.90 Å². The maximum absolute atomic E-state index is 13.5. The van der Waals surface area contributed by atoms with Gasteiger partial charge in [-0.3, -0.25) is 9.59 Å². The molecule has 4 aromatic rings. The van der Waals surface area contributed by atoms with E-state index in [9.17, 15) is 9.59 Å². The minimum atomic E-state index is -0.157. The van der Waals surface area contributed by atoms with Gasteiger partial charge >= 0.3 is 0 Å². The van der Waals surface area contributed by atoms with Crippen LogP contribution in [0.25, 0.3) is 6.08 Å². The second kappa shape index (κ2) is 11.1. The minimum absolute atomic E-state index is 0.0333. The first-order valence-corrected chi connectivity index (χ1v) is 13.1.